The monoisotopic (exact) mass is 453 g/mol. The van der Waals surface area contributed by atoms with Gasteiger partial charge in [0.2, 0.25) is 0 Å². The number of nitrogens with zero attached hydrogens (tertiary/aromatic N) is 1. The lowest BCUT2D eigenvalue weighted by Crippen LogP contribution is -2.62. The lowest BCUT2D eigenvalue weighted by atomic mass is 10.00. The quantitative estimate of drug-likeness (QED) is 0.369. The number of para-hydroxylation sites is 1. The Kier molecular flexibility index (Phi) is 5.45. The third-order valence-corrected chi connectivity index (χ3v) is 4.44. The number of halogens is 8. The molecule has 1 aliphatic heterocycles. The number of esters is 1. The van der Waals surface area contributed by atoms with Crippen LogP contribution in [0.3, 0.4) is 0 Å². The van der Waals surface area contributed by atoms with Crippen molar-refractivity contribution < 1.29 is 49.4 Å². The summed E-state index contributed by atoms with van der Waals surface area (Å²) in [6, 6.07) is 6.30. The highest BCUT2D eigenvalue weighted by Crippen LogP contribution is 2.40. The molecule has 1 fully saturated rings. The summed E-state index contributed by atoms with van der Waals surface area (Å²) in [5.41, 5.74) is -5.55. The number of benzene rings is 2. The number of carbonyl (C=O) groups is 2. The summed E-state index contributed by atoms with van der Waals surface area (Å²) < 4.78 is 110. The van der Waals surface area contributed by atoms with Gasteiger partial charge >= 0.3 is 24.2 Å². The van der Waals surface area contributed by atoms with E-state index < -0.39 is 60.0 Å². The molecular weight excluding hydrogens is 442 g/mol. The first-order valence-electron chi connectivity index (χ1n) is 8.45. The van der Waals surface area contributed by atoms with Gasteiger partial charge in [0, 0.05) is 5.56 Å². The summed E-state index contributed by atoms with van der Waals surface area (Å²) in [5, 5.41) is 0. The maximum atomic E-state index is 13.2. The molecule has 2 aromatic rings. The third kappa shape index (κ3) is 4.32. The Bertz CT molecular complexity index is 997. The molecule has 4 nitrogen and oxygen atoms in total. The van der Waals surface area contributed by atoms with Crippen molar-refractivity contribution in [2.24, 2.45) is 0 Å². The second kappa shape index (κ2) is 7.50. The van der Waals surface area contributed by atoms with Crippen LogP contribution in [-0.2, 0) is 28.5 Å². The number of amides is 1. The van der Waals surface area contributed by atoms with E-state index in [9.17, 15) is 44.7 Å². The van der Waals surface area contributed by atoms with Crippen LogP contribution in [0, 0.1) is 0 Å². The first kappa shape index (κ1) is 22.5. The van der Waals surface area contributed by atoms with Crippen molar-refractivity contribution >= 4 is 17.6 Å². The maximum absolute atomic E-state index is 13.2. The molecule has 12 heteroatoms. The molecule has 1 heterocycles. The van der Waals surface area contributed by atoms with Crippen molar-refractivity contribution in [3.8, 4) is 0 Å². The van der Waals surface area contributed by atoms with Crippen LogP contribution in [0.5, 0.6) is 0 Å². The van der Waals surface area contributed by atoms with Crippen molar-refractivity contribution in [2.45, 2.75) is 24.9 Å². The summed E-state index contributed by atoms with van der Waals surface area (Å²) in [5.74, 6) is -7.03. The summed E-state index contributed by atoms with van der Waals surface area (Å²) in [6.07, 6.45) is -10.5. The highest BCUT2D eigenvalue weighted by Gasteiger charge is 2.55. The van der Waals surface area contributed by atoms with Crippen LogP contribution in [0.15, 0.2) is 42.5 Å². The molecule has 166 valence electrons. The zero-order chi connectivity index (χ0) is 23.2. The number of hydrogen-bond acceptors (Lipinski definition) is 3. The molecule has 0 saturated carbocycles. The van der Waals surface area contributed by atoms with Gasteiger partial charge in [-0.05, 0) is 18.2 Å². The maximum Gasteiger partial charge on any atom is 0.417 e. The molecule has 3 rings (SSSR count). The Hall–Kier alpha value is -3.18. The summed E-state index contributed by atoms with van der Waals surface area (Å²) in [4.78, 5) is 24.4. The molecule has 0 spiro atoms. The normalized spacial score (nSPS) is 16.1. The number of alkyl halides is 8. The van der Waals surface area contributed by atoms with E-state index >= 15 is 0 Å². The van der Waals surface area contributed by atoms with Crippen LogP contribution >= 0.6 is 0 Å². The standard InChI is InChI=1S/C19H11F8NO3/c20-17(21)9-28(16(17)30)13-7-2-1-4-10(13)8-31-15(29)14-11(18(22,23)24)5-3-6-12(14)19(25,26)27/h1-7H,8-9H2. The van der Waals surface area contributed by atoms with E-state index in [1.807, 2.05) is 0 Å². The molecule has 0 radical (unpaired) electrons. The molecule has 31 heavy (non-hydrogen) atoms. The molecule has 0 aromatic heterocycles. The number of ether oxygens (including phenoxy) is 1. The molecular formula is C19H11F8NO3. The molecule has 1 saturated heterocycles. The highest BCUT2D eigenvalue weighted by molar-refractivity contribution is 6.05. The second-order valence-electron chi connectivity index (χ2n) is 6.52. The van der Waals surface area contributed by atoms with Crippen LogP contribution in [0.25, 0.3) is 0 Å². The van der Waals surface area contributed by atoms with Gasteiger partial charge in [0.1, 0.15) is 6.61 Å². The Morgan fingerprint density at radius 3 is 1.97 bits per heavy atom. The van der Waals surface area contributed by atoms with Crippen LogP contribution < -0.4 is 4.90 Å². The van der Waals surface area contributed by atoms with Crippen LogP contribution in [0.4, 0.5) is 40.8 Å². The van der Waals surface area contributed by atoms with Crippen LogP contribution in [0.2, 0.25) is 0 Å². The molecule has 1 aliphatic rings. The molecule has 1 amide bonds. The van der Waals surface area contributed by atoms with E-state index in [1.54, 1.807) is 0 Å². The lowest BCUT2D eigenvalue weighted by molar-refractivity contribution is -0.152. The molecule has 2 aromatic carbocycles. The Morgan fingerprint density at radius 2 is 1.48 bits per heavy atom. The topological polar surface area (TPSA) is 46.6 Å². The van der Waals surface area contributed by atoms with E-state index in [1.165, 1.54) is 24.3 Å². The second-order valence-corrected chi connectivity index (χ2v) is 6.52. The minimum Gasteiger partial charge on any atom is -0.457 e. The van der Waals surface area contributed by atoms with E-state index in [0.29, 0.717) is 23.1 Å². The van der Waals surface area contributed by atoms with Crippen LogP contribution in [0.1, 0.15) is 27.0 Å². The summed E-state index contributed by atoms with van der Waals surface area (Å²) >= 11 is 0. The minimum absolute atomic E-state index is 0.0576. The zero-order valence-corrected chi connectivity index (χ0v) is 15.2. The largest absolute Gasteiger partial charge is 0.457 e. The minimum atomic E-state index is -5.27. The fourth-order valence-corrected chi connectivity index (χ4v) is 3.00. The van der Waals surface area contributed by atoms with Gasteiger partial charge in [-0.15, -0.1) is 0 Å². The van der Waals surface area contributed by atoms with E-state index in [4.69, 9.17) is 0 Å². The number of β-lactam (4-membered cyclic amide) rings is 1. The van der Waals surface area contributed by atoms with Crippen molar-refractivity contribution in [1.82, 2.24) is 0 Å². The number of rotatable bonds is 4. The Labute approximate surface area is 169 Å². The van der Waals surface area contributed by atoms with Crippen molar-refractivity contribution in [3.05, 3.63) is 64.7 Å². The SMILES string of the molecule is O=C(OCc1ccccc1N1CC(F)(F)C1=O)c1c(C(F)(F)F)cccc1C(F)(F)F. The zero-order valence-electron chi connectivity index (χ0n) is 15.2. The van der Waals surface area contributed by atoms with E-state index in [-0.39, 0.29) is 11.3 Å². The molecule has 0 atom stereocenters. The van der Waals surface area contributed by atoms with Crippen molar-refractivity contribution in [2.75, 3.05) is 11.4 Å². The number of carbonyl (C=O) groups excluding carboxylic acids is 2. The van der Waals surface area contributed by atoms with Gasteiger partial charge in [0.05, 0.1) is 28.9 Å². The van der Waals surface area contributed by atoms with Gasteiger partial charge in [-0.1, -0.05) is 24.3 Å². The van der Waals surface area contributed by atoms with Gasteiger partial charge in [-0.25, -0.2) is 4.79 Å². The summed E-state index contributed by atoms with van der Waals surface area (Å²) in [6.45, 7) is -1.82. The summed E-state index contributed by atoms with van der Waals surface area (Å²) in [7, 11) is 0. The van der Waals surface area contributed by atoms with Gasteiger partial charge < -0.3 is 9.64 Å². The third-order valence-electron chi connectivity index (χ3n) is 4.44. The predicted molar refractivity (Wildman–Crippen MR) is 89.3 cm³/mol. The highest BCUT2D eigenvalue weighted by atomic mass is 19.4. The van der Waals surface area contributed by atoms with E-state index in [2.05, 4.69) is 4.74 Å². The molecule has 0 aliphatic carbocycles. The number of anilines is 1. The van der Waals surface area contributed by atoms with Crippen molar-refractivity contribution in [1.29, 1.82) is 0 Å². The predicted octanol–water partition coefficient (Wildman–Crippen LogP) is 5.06. The van der Waals surface area contributed by atoms with E-state index in [0.717, 1.165) is 0 Å². The van der Waals surface area contributed by atoms with Crippen LogP contribution in [-0.4, -0.2) is 24.3 Å². The lowest BCUT2D eigenvalue weighted by Gasteiger charge is -2.38. The first-order chi connectivity index (χ1) is 14.2. The Morgan fingerprint density at radius 1 is 0.935 bits per heavy atom. The van der Waals surface area contributed by atoms with Gasteiger partial charge in [-0.3, -0.25) is 4.79 Å². The average Bonchev–Trinajstić information content (AvgIpc) is 2.68. The van der Waals surface area contributed by atoms with Gasteiger partial charge in [0.15, 0.2) is 0 Å². The van der Waals surface area contributed by atoms with Crippen molar-refractivity contribution in [3.63, 3.8) is 0 Å². The molecule has 0 bridgehead atoms. The molecule has 0 unspecified atom stereocenters. The number of hydrogen-bond donors (Lipinski definition) is 0. The Balaban J connectivity index is 1.91. The molecule has 0 N–H and O–H groups in total. The smallest absolute Gasteiger partial charge is 0.417 e. The fourth-order valence-electron chi connectivity index (χ4n) is 3.00. The van der Waals surface area contributed by atoms with Gasteiger partial charge in [0.25, 0.3) is 5.91 Å². The first-order valence-corrected chi connectivity index (χ1v) is 8.45. The van der Waals surface area contributed by atoms with Gasteiger partial charge in [-0.2, -0.15) is 35.1 Å². The fraction of sp³-hybridized carbons (Fsp3) is 0.263. The average molecular weight is 453 g/mol.